The van der Waals surface area contributed by atoms with Gasteiger partial charge in [0.2, 0.25) is 0 Å². The number of carbonyl (C=O) groups is 1. The predicted molar refractivity (Wildman–Crippen MR) is 65.5 cm³/mol. The zero-order chi connectivity index (χ0) is 12.8. The number of ether oxygens (including phenoxy) is 1. The molecule has 0 bridgehead atoms. The molecule has 1 aromatic carbocycles. The van der Waals surface area contributed by atoms with Gasteiger partial charge < -0.3 is 10.1 Å². The van der Waals surface area contributed by atoms with Gasteiger partial charge >= 0.3 is 5.97 Å². The van der Waals surface area contributed by atoms with Crippen molar-refractivity contribution in [1.82, 2.24) is 0 Å². The van der Waals surface area contributed by atoms with Crippen molar-refractivity contribution in [3.63, 3.8) is 0 Å². The second kappa shape index (κ2) is 6.23. The minimum Gasteiger partial charge on any atom is -0.467 e. The van der Waals surface area contributed by atoms with Gasteiger partial charge in [-0.3, -0.25) is 0 Å². The van der Waals surface area contributed by atoms with E-state index in [0.29, 0.717) is 12.1 Å². The Morgan fingerprint density at radius 3 is 2.71 bits per heavy atom. The normalized spacial score (nSPS) is 12.0. The average Bonchev–Trinajstić information content (AvgIpc) is 2.26. The lowest BCUT2D eigenvalue weighted by Gasteiger charge is -2.17. The summed E-state index contributed by atoms with van der Waals surface area (Å²) in [5, 5.41) is 3.00. The van der Waals surface area contributed by atoms with Crippen LogP contribution in [0.4, 0.5) is 10.1 Å². The van der Waals surface area contributed by atoms with Crippen molar-refractivity contribution in [2.45, 2.75) is 32.7 Å². The molecule has 17 heavy (non-hydrogen) atoms. The first-order chi connectivity index (χ1) is 8.06. The number of hydrogen-bond donors (Lipinski definition) is 1. The predicted octanol–water partition coefficient (Wildman–Crippen LogP) is 2.89. The number of carbonyl (C=O) groups excluding carboxylic acids is 1. The molecule has 0 heterocycles. The maximum atomic E-state index is 13.2. The highest BCUT2D eigenvalue weighted by molar-refractivity contribution is 5.79. The topological polar surface area (TPSA) is 38.3 Å². The molecule has 0 amide bonds. The summed E-state index contributed by atoms with van der Waals surface area (Å²) in [7, 11) is 1.35. The smallest absolute Gasteiger partial charge is 0.328 e. The second-order valence-electron chi connectivity index (χ2n) is 4.03. The molecular weight excluding hydrogens is 221 g/mol. The molecule has 1 atom stereocenters. The standard InChI is InChI=1S/C13H18FNO2/c1-4-5-12(13(16)17-3)15-11-7-9(2)6-10(14)8-11/h6-8,12,15H,4-5H2,1-3H3. The van der Waals surface area contributed by atoms with Crippen molar-refractivity contribution in [2.75, 3.05) is 12.4 Å². The van der Waals surface area contributed by atoms with Crippen LogP contribution in [0.5, 0.6) is 0 Å². The fourth-order valence-corrected chi connectivity index (χ4v) is 1.70. The fourth-order valence-electron chi connectivity index (χ4n) is 1.70. The van der Waals surface area contributed by atoms with Gasteiger partial charge in [-0.2, -0.15) is 0 Å². The molecule has 1 N–H and O–H groups in total. The minimum atomic E-state index is -0.425. The van der Waals surface area contributed by atoms with Crippen molar-refractivity contribution < 1.29 is 13.9 Å². The van der Waals surface area contributed by atoms with Gasteiger partial charge in [-0.1, -0.05) is 13.3 Å². The summed E-state index contributed by atoms with van der Waals surface area (Å²) in [4.78, 5) is 11.5. The van der Waals surface area contributed by atoms with E-state index in [0.717, 1.165) is 12.0 Å². The Labute approximate surface area is 101 Å². The molecule has 3 nitrogen and oxygen atoms in total. The molecule has 0 aliphatic carbocycles. The van der Waals surface area contributed by atoms with Gasteiger partial charge in [0.1, 0.15) is 11.9 Å². The number of halogens is 1. The molecule has 0 aliphatic rings. The van der Waals surface area contributed by atoms with Gasteiger partial charge in [0.25, 0.3) is 0 Å². The van der Waals surface area contributed by atoms with E-state index < -0.39 is 6.04 Å². The first-order valence-corrected chi connectivity index (χ1v) is 5.68. The molecule has 1 aromatic rings. The van der Waals surface area contributed by atoms with Gasteiger partial charge in [0, 0.05) is 5.69 Å². The summed E-state index contributed by atoms with van der Waals surface area (Å²) in [5.41, 5.74) is 1.42. The molecule has 4 heteroatoms. The zero-order valence-corrected chi connectivity index (χ0v) is 10.4. The summed E-state index contributed by atoms with van der Waals surface area (Å²) >= 11 is 0. The summed E-state index contributed by atoms with van der Waals surface area (Å²) < 4.78 is 17.9. The van der Waals surface area contributed by atoms with Crippen LogP contribution in [0, 0.1) is 12.7 Å². The van der Waals surface area contributed by atoms with Crippen molar-refractivity contribution >= 4 is 11.7 Å². The van der Waals surface area contributed by atoms with Crippen molar-refractivity contribution in [3.05, 3.63) is 29.6 Å². The van der Waals surface area contributed by atoms with Crippen molar-refractivity contribution in [1.29, 1.82) is 0 Å². The Balaban J connectivity index is 2.81. The Morgan fingerprint density at radius 1 is 1.47 bits per heavy atom. The Morgan fingerprint density at radius 2 is 2.18 bits per heavy atom. The van der Waals surface area contributed by atoms with Gasteiger partial charge in [0.05, 0.1) is 7.11 Å². The summed E-state index contributed by atoms with van der Waals surface area (Å²) in [5.74, 6) is -0.638. The molecule has 0 fully saturated rings. The van der Waals surface area contributed by atoms with Crippen molar-refractivity contribution in [2.24, 2.45) is 0 Å². The number of esters is 1. The van der Waals surface area contributed by atoms with Crippen LogP contribution in [0.1, 0.15) is 25.3 Å². The highest BCUT2D eigenvalue weighted by atomic mass is 19.1. The van der Waals surface area contributed by atoms with Gasteiger partial charge in [-0.05, 0) is 37.1 Å². The van der Waals surface area contributed by atoms with Crippen LogP contribution in [0.3, 0.4) is 0 Å². The van der Waals surface area contributed by atoms with E-state index in [9.17, 15) is 9.18 Å². The summed E-state index contributed by atoms with van der Waals surface area (Å²) in [6.07, 6.45) is 1.50. The number of benzene rings is 1. The fraction of sp³-hybridized carbons (Fsp3) is 0.462. The van der Waals surface area contributed by atoms with Crippen LogP contribution < -0.4 is 5.32 Å². The van der Waals surface area contributed by atoms with E-state index in [-0.39, 0.29) is 11.8 Å². The quantitative estimate of drug-likeness (QED) is 0.803. The Hall–Kier alpha value is -1.58. The number of rotatable bonds is 5. The van der Waals surface area contributed by atoms with Gasteiger partial charge in [-0.15, -0.1) is 0 Å². The van der Waals surface area contributed by atoms with E-state index in [1.54, 1.807) is 13.0 Å². The molecule has 0 spiro atoms. The van der Waals surface area contributed by atoms with Crippen LogP contribution in [0.2, 0.25) is 0 Å². The summed E-state index contributed by atoms with van der Waals surface area (Å²) in [6.45, 7) is 3.79. The van der Waals surface area contributed by atoms with Crippen LogP contribution in [-0.4, -0.2) is 19.1 Å². The third-order valence-corrected chi connectivity index (χ3v) is 2.45. The van der Waals surface area contributed by atoms with Crippen molar-refractivity contribution in [3.8, 4) is 0 Å². The minimum absolute atomic E-state index is 0.312. The lowest BCUT2D eigenvalue weighted by molar-refractivity contribution is -0.141. The maximum Gasteiger partial charge on any atom is 0.328 e. The monoisotopic (exact) mass is 239 g/mol. The highest BCUT2D eigenvalue weighted by Gasteiger charge is 2.17. The molecule has 0 aromatic heterocycles. The molecular formula is C13H18FNO2. The first-order valence-electron chi connectivity index (χ1n) is 5.68. The number of hydrogen-bond acceptors (Lipinski definition) is 3. The third kappa shape index (κ3) is 4.06. The SMILES string of the molecule is CCCC(Nc1cc(C)cc(F)c1)C(=O)OC. The Kier molecular flexibility index (Phi) is 4.94. The zero-order valence-electron chi connectivity index (χ0n) is 10.4. The lowest BCUT2D eigenvalue weighted by Crippen LogP contribution is -2.30. The maximum absolute atomic E-state index is 13.2. The molecule has 1 unspecified atom stereocenters. The highest BCUT2D eigenvalue weighted by Crippen LogP contribution is 2.16. The van der Waals surface area contributed by atoms with Crippen LogP contribution in [0.15, 0.2) is 18.2 Å². The molecule has 0 radical (unpaired) electrons. The Bertz CT molecular complexity index is 373. The van der Waals surface area contributed by atoms with E-state index in [2.05, 4.69) is 5.32 Å². The number of methoxy groups -OCH3 is 1. The van der Waals surface area contributed by atoms with E-state index in [1.165, 1.54) is 19.2 Å². The number of nitrogens with one attached hydrogen (secondary N) is 1. The second-order valence-corrected chi connectivity index (χ2v) is 4.03. The molecule has 1 rings (SSSR count). The van der Waals surface area contributed by atoms with Crippen LogP contribution in [-0.2, 0) is 9.53 Å². The van der Waals surface area contributed by atoms with E-state index in [1.807, 2.05) is 6.92 Å². The third-order valence-electron chi connectivity index (χ3n) is 2.45. The molecule has 94 valence electrons. The van der Waals surface area contributed by atoms with E-state index in [4.69, 9.17) is 4.74 Å². The number of anilines is 1. The molecule has 0 saturated carbocycles. The average molecular weight is 239 g/mol. The summed E-state index contributed by atoms with van der Waals surface area (Å²) in [6, 6.07) is 4.19. The number of aryl methyl sites for hydroxylation is 1. The molecule has 0 aliphatic heterocycles. The lowest BCUT2D eigenvalue weighted by atomic mass is 10.1. The van der Waals surface area contributed by atoms with Crippen LogP contribution >= 0.6 is 0 Å². The largest absolute Gasteiger partial charge is 0.467 e. The van der Waals surface area contributed by atoms with Crippen LogP contribution in [0.25, 0.3) is 0 Å². The molecule has 0 saturated heterocycles. The first kappa shape index (κ1) is 13.5. The van der Waals surface area contributed by atoms with Gasteiger partial charge in [0.15, 0.2) is 0 Å². The van der Waals surface area contributed by atoms with Gasteiger partial charge in [-0.25, -0.2) is 9.18 Å². The van der Waals surface area contributed by atoms with E-state index >= 15 is 0 Å².